The highest BCUT2D eigenvalue weighted by Gasteiger charge is 2.29. The fourth-order valence-corrected chi connectivity index (χ4v) is 2.90. The second-order valence-electron chi connectivity index (χ2n) is 7.72. The summed E-state index contributed by atoms with van der Waals surface area (Å²) in [5.41, 5.74) is 16.4. The molecule has 5 amide bonds. The Balaban J connectivity index is 3.02. The fraction of sp³-hybridized carbons (Fsp3) is 0.429. The Bertz CT molecular complexity index is 936. The van der Waals surface area contributed by atoms with E-state index in [1.807, 2.05) is 0 Å². The van der Waals surface area contributed by atoms with Gasteiger partial charge in [0.25, 0.3) is 0 Å². The van der Waals surface area contributed by atoms with Crippen LogP contribution in [0.1, 0.15) is 31.2 Å². The van der Waals surface area contributed by atoms with Crippen LogP contribution in [-0.2, 0) is 35.2 Å². The van der Waals surface area contributed by atoms with E-state index in [1.165, 1.54) is 24.3 Å². The quantitative estimate of drug-likeness (QED) is 0.123. The minimum Gasteiger partial charge on any atom is -0.508 e. The van der Waals surface area contributed by atoms with E-state index >= 15 is 0 Å². The van der Waals surface area contributed by atoms with E-state index in [-0.39, 0.29) is 37.9 Å². The first-order valence-electron chi connectivity index (χ1n) is 10.6. The Morgan fingerprint density at radius 1 is 0.800 bits per heavy atom. The van der Waals surface area contributed by atoms with Crippen LogP contribution in [0.4, 0.5) is 0 Å². The van der Waals surface area contributed by atoms with E-state index in [1.54, 1.807) is 0 Å². The number of nitrogens with one attached hydrogen (secondary N) is 3. The zero-order valence-electron chi connectivity index (χ0n) is 18.9. The first kappa shape index (κ1) is 28.8. The van der Waals surface area contributed by atoms with Crippen molar-refractivity contribution in [3.63, 3.8) is 0 Å². The number of amides is 5. The zero-order valence-corrected chi connectivity index (χ0v) is 18.9. The van der Waals surface area contributed by atoms with E-state index in [0.29, 0.717) is 5.56 Å². The summed E-state index contributed by atoms with van der Waals surface area (Å²) < 4.78 is 0. The Morgan fingerprint density at radius 2 is 1.34 bits per heavy atom. The lowest BCUT2D eigenvalue weighted by atomic mass is 10.0. The van der Waals surface area contributed by atoms with Gasteiger partial charge in [0, 0.05) is 19.3 Å². The third kappa shape index (κ3) is 11.5. The zero-order chi connectivity index (χ0) is 26.5. The summed E-state index contributed by atoms with van der Waals surface area (Å²) in [6.07, 6.45) is -0.801. The number of aromatic hydroxyl groups is 1. The Morgan fingerprint density at radius 3 is 1.89 bits per heavy atom. The normalized spacial score (nSPS) is 13.1. The number of carboxylic acid groups (broad SMARTS) is 1. The van der Waals surface area contributed by atoms with Gasteiger partial charge in [0.15, 0.2) is 0 Å². The number of aliphatic carboxylic acids is 1. The number of carbonyl (C=O) groups is 6. The lowest BCUT2D eigenvalue weighted by molar-refractivity contribution is -0.138. The van der Waals surface area contributed by atoms with Crippen molar-refractivity contribution < 1.29 is 39.0 Å². The van der Waals surface area contributed by atoms with Gasteiger partial charge in [-0.2, -0.15) is 0 Å². The van der Waals surface area contributed by atoms with E-state index in [2.05, 4.69) is 16.0 Å². The van der Waals surface area contributed by atoms with Gasteiger partial charge in [0.1, 0.15) is 24.4 Å². The predicted molar refractivity (Wildman–Crippen MR) is 121 cm³/mol. The molecule has 0 spiro atoms. The van der Waals surface area contributed by atoms with Crippen LogP contribution in [0.15, 0.2) is 24.3 Å². The average molecular weight is 495 g/mol. The molecule has 14 heteroatoms. The molecule has 3 unspecified atom stereocenters. The summed E-state index contributed by atoms with van der Waals surface area (Å²) in [6.45, 7) is -0.697. The number of benzene rings is 1. The lowest BCUT2D eigenvalue weighted by Gasteiger charge is -2.24. The number of nitrogens with two attached hydrogens (primary N) is 3. The minimum absolute atomic E-state index is 0.0217. The van der Waals surface area contributed by atoms with Crippen LogP contribution in [0.3, 0.4) is 0 Å². The van der Waals surface area contributed by atoms with Crippen molar-refractivity contribution in [3.05, 3.63) is 29.8 Å². The molecular formula is C21H30N6O8. The summed E-state index contributed by atoms with van der Waals surface area (Å²) in [5.74, 6) is -5.18. The maximum absolute atomic E-state index is 12.9. The molecule has 0 aliphatic carbocycles. The van der Waals surface area contributed by atoms with Crippen molar-refractivity contribution >= 4 is 35.5 Å². The molecule has 0 heterocycles. The molecule has 192 valence electrons. The molecule has 11 N–H and O–H groups in total. The third-order valence-corrected chi connectivity index (χ3v) is 4.77. The fourth-order valence-electron chi connectivity index (χ4n) is 2.90. The molecule has 14 nitrogen and oxygen atoms in total. The molecule has 0 bridgehead atoms. The van der Waals surface area contributed by atoms with E-state index in [0.717, 1.165) is 0 Å². The molecule has 0 saturated carbocycles. The smallest absolute Gasteiger partial charge is 0.322 e. The Labute approximate surface area is 200 Å². The molecule has 3 atom stereocenters. The summed E-state index contributed by atoms with van der Waals surface area (Å²) in [6, 6.07) is 2.00. The third-order valence-electron chi connectivity index (χ3n) is 4.77. The van der Waals surface area contributed by atoms with Gasteiger partial charge in [-0.05, 0) is 30.5 Å². The number of primary amides is 2. The van der Waals surface area contributed by atoms with Crippen LogP contribution >= 0.6 is 0 Å². The number of carboxylic acids is 1. The second kappa shape index (κ2) is 14.1. The van der Waals surface area contributed by atoms with Gasteiger partial charge < -0.3 is 43.4 Å². The number of hydrogen-bond donors (Lipinski definition) is 8. The van der Waals surface area contributed by atoms with Crippen molar-refractivity contribution in [1.29, 1.82) is 0 Å². The summed E-state index contributed by atoms with van der Waals surface area (Å²) in [7, 11) is 0. The highest BCUT2D eigenvalue weighted by atomic mass is 16.4. The van der Waals surface area contributed by atoms with Crippen molar-refractivity contribution in [2.45, 2.75) is 50.2 Å². The first-order valence-corrected chi connectivity index (χ1v) is 10.6. The van der Waals surface area contributed by atoms with Crippen molar-refractivity contribution in [1.82, 2.24) is 16.0 Å². The minimum atomic E-state index is -1.32. The number of carbonyl (C=O) groups excluding carboxylic acids is 5. The van der Waals surface area contributed by atoms with E-state index < -0.39 is 60.2 Å². The van der Waals surface area contributed by atoms with Gasteiger partial charge in [0.2, 0.25) is 29.5 Å². The average Bonchev–Trinajstić information content (AvgIpc) is 2.78. The Hall–Kier alpha value is -4.20. The van der Waals surface area contributed by atoms with Crippen molar-refractivity contribution in [2.24, 2.45) is 17.2 Å². The standard InChI is InChI=1S/C21H30N6O8/c22-13(5-7-16(23)29)19(33)26-14(6-8-17(24)30)21(35)27-15(20(34)25-10-18(31)32)9-11-1-3-12(28)4-2-11/h1-4,13-15,28H,5-10,22H2,(H2,23,29)(H2,24,30)(H,25,34)(H,26,33)(H,27,35)(H,31,32). The van der Waals surface area contributed by atoms with Gasteiger partial charge in [-0.25, -0.2) is 0 Å². The van der Waals surface area contributed by atoms with Gasteiger partial charge in [0.05, 0.1) is 6.04 Å². The molecule has 0 radical (unpaired) electrons. The Kier molecular flexibility index (Phi) is 11.7. The molecule has 0 fully saturated rings. The summed E-state index contributed by atoms with van der Waals surface area (Å²) in [4.78, 5) is 70.9. The number of phenolic OH excluding ortho intramolecular Hbond substituents is 1. The first-order chi connectivity index (χ1) is 16.4. The highest BCUT2D eigenvalue weighted by Crippen LogP contribution is 2.12. The predicted octanol–water partition coefficient (Wildman–Crippen LogP) is -3.04. The van der Waals surface area contributed by atoms with Crippen LogP contribution in [0.2, 0.25) is 0 Å². The molecule has 0 saturated heterocycles. The number of hydrogen-bond acceptors (Lipinski definition) is 8. The van der Waals surface area contributed by atoms with E-state index in [4.69, 9.17) is 22.3 Å². The summed E-state index contributed by atoms with van der Waals surface area (Å²) in [5, 5.41) is 25.2. The van der Waals surface area contributed by atoms with Gasteiger partial charge in [-0.15, -0.1) is 0 Å². The molecular weight excluding hydrogens is 464 g/mol. The van der Waals surface area contributed by atoms with Gasteiger partial charge in [-0.3, -0.25) is 28.8 Å². The van der Waals surface area contributed by atoms with Crippen molar-refractivity contribution in [2.75, 3.05) is 6.54 Å². The maximum Gasteiger partial charge on any atom is 0.322 e. The largest absolute Gasteiger partial charge is 0.508 e. The number of phenols is 1. The van der Waals surface area contributed by atoms with Crippen LogP contribution in [0, 0.1) is 0 Å². The lowest BCUT2D eigenvalue weighted by Crippen LogP contribution is -2.56. The molecule has 1 rings (SSSR count). The molecule has 0 aliphatic heterocycles. The molecule has 1 aromatic rings. The molecule has 1 aromatic carbocycles. The highest BCUT2D eigenvalue weighted by molar-refractivity contribution is 5.94. The topological polar surface area (TPSA) is 257 Å². The van der Waals surface area contributed by atoms with Gasteiger partial charge in [-0.1, -0.05) is 12.1 Å². The molecule has 0 aromatic heterocycles. The second-order valence-corrected chi connectivity index (χ2v) is 7.72. The monoisotopic (exact) mass is 494 g/mol. The van der Waals surface area contributed by atoms with Gasteiger partial charge >= 0.3 is 5.97 Å². The number of rotatable bonds is 15. The van der Waals surface area contributed by atoms with Crippen LogP contribution < -0.4 is 33.2 Å². The van der Waals surface area contributed by atoms with Crippen molar-refractivity contribution in [3.8, 4) is 5.75 Å². The summed E-state index contributed by atoms with van der Waals surface area (Å²) >= 11 is 0. The SMILES string of the molecule is NC(=O)CCC(N)C(=O)NC(CCC(N)=O)C(=O)NC(Cc1ccc(O)cc1)C(=O)NCC(=O)O. The van der Waals surface area contributed by atoms with Crippen LogP contribution in [0.25, 0.3) is 0 Å². The van der Waals surface area contributed by atoms with Crippen LogP contribution in [-0.4, -0.2) is 70.4 Å². The maximum atomic E-state index is 12.9. The van der Waals surface area contributed by atoms with E-state index in [9.17, 15) is 33.9 Å². The van der Waals surface area contributed by atoms with Crippen LogP contribution in [0.5, 0.6) is 5.75 Å². The molecule has 35 heavy (non-hydrogen) atoms. The molecule has 0 aliphatic rings.